The lowest BCUT2D eigenvalue weighted by atomic mass is 10.0. The monoisotopic (exact) mass is 396 g/mol. The van der Waals surface area contributed by atoms with E-state index in [2.05, 4.69) is 40.7 Å². The molecule has 1 aliphatic heterocycles. The summed E-state index contributed by atoms with van der Waals surface area (Å²) in [7, 11) is 3.39. The van der Waals surface area contributed by atoms with E-state index < -0.39 is 0 Å². The topological polar surface area (TPSA) is 61.2 Å². The first kappa shape index (κ1) is 18.7. The molecular formula is C21H24N4O2S. The third kappa shape index (κ3) is 3.54. The van der Waals surface area contributed by atoms with Crippen molar-refractivity contribution in [1.29, 1.82) is 0 Å². The van der Waals surface area contributed by atoms with E-state index in [0.717, 1.165) is 47.3 Å². The molecule has 1 atom stereocenters. The number of thioether (sulfide) groups is 1. The van der Waals surface area contributed by atoms with Crippen LogP contribution in [0, 0.1) is 0 Å². The third-order valence-corrected chi connectivity index (χ3v) is 5.88. The number of nitrogens with one attached hydrogen (secondary N) is 1. The van der Waals surface area contributed by atoms with Gasteiger partial charge >= 0.3 is 0 Å². The van der Waals surface area contributed by atoms with Gasteiger partial charge in [-0.25, -0.2) is 4.68 Å². The largest absolute Gasteiger partial charge is 0.496 e. The first-order valence-corrected chi connectivity index (χ1v) is 10.3. The molecule has 0 radical (unpaired) electrons. The Morgan fingerprint density at radius 3 is 2.57 bits per heavy atom. The molecule has 0 saturated carbocycles. The average Bonchev–Trinajstić information content (AvgIpc) is 3.30. The summed E-state index contributed by atoms with van der Waals surface area (Å²) < 4.78 is 13.2. The molecule has 4 rings (SSSR count). The van der Waals surface area contributed by atoms with Crippen LogP contribution in [-0.2, 0) is 12.8 Å². The number of fused-ring (bicyclic) bond motifs is 1. The number of rotatable bonds is 7. The average molecular weight is 397 g/mol. The fourth-order valence-corrected chi connectivity index (χ4v) is 4.47. The number of nitrogens with zero attached hydrogens (tertiary/aromatic N) is 3. The van der Waals surface area contributed by atoms with E-state index in [0.29, 0.717) is 0 Å². The molecule has 1 aromatic heterocycles. The van der Waals surface area contributed by atoms with Gasteiger partial charge in [-0.05, 0) is 23.6 Å². The quantitative estimate of drug-likeness (QED) is 0.646. The summed E-state index contributed by atoms with van der Waals surface area (Å²) >= 11 is 1.65. The normalized spacial score (nSPS) is 15.2. The summed E-state index contributed by atoms with van der Waals surface area (Å²) in [6, 6.07) is 14.5. The second-order valence-electron chi connectivity index (χ2n) is 6.68. The first-order valence-electron chi connectivity index (χ1n) is 9.39. The summed E-state index contributed by atoms with van der Waals surface area (Å²) in [6.07, 6.45) is 2.75. The molecule has 2 aromatic carbocycles. The number of benzene rings is 2. The highest BCUT2D eigenvalue weighted by atomic mass is 32.2. The molecule has 28 heavy (non-hydrogen) atoms. The lowest BCUT2D eigenvalue weighted by Crippen LogP contribution is -2.16. The van der Waals surface area contributed by atoms with E-state index in [4.69, 9.17) is 9.47 Å². The van der Waals surface area contributed by atoms with Gasteiger partial charge in [0.2, 0.25) is 5.16 Å². The predicted molar refractivity (Wildman–Crippen MR) is 111 cm³/mol. The molecule has 1 aliphatic rings. The van der Waals surface area contributed by atoms with Crippen LogP contribution in [0.15, 0.2) is 47.6 Å². The molecule has 3 aromatic rings. The maximum Gasteiger partial charge on any atom is 0.212 e. The molecule has 0 aliphatic carbocycles. The Labute approximate surface area is 169 Å². The zero-order valence-electron chi connectivity index (χ0n) is 16.3. The minimum atomic E-state index is 0.0106. The molecule has 0 saturated heterocycles. The molecule has 1 unspecified atom stereocenters. The standard InChI is InChI=1S/C21H24N4O2S/c1-4-8-15-12-16(18(27-3)13-17(15)26-2)20-24-25-19(22-23-21(25)28-20)11-14-9-6-5-7-10-14/h5-7,9-10,12-13,20,24H,4,8,11H2,1-3H3. The molecule has 146 valence electrons. The van der Waals surface area contributed by atoms with Crippen LogP contribution >= 0.6 is 11.8 Å². The molecule has 0 bridgehead atoms. The smallest absolute Gasteiger partial charge is 0.212 e. The van der Waals surface area contributed by atoms with Crippen LogP contribution in [0.25, 0.3) is 0 Å². The van der Waals surface area contributed by atoms with Crippen LogP contribution < -0.4 is 14.9 Å². The molecule has 1 N–H and O–H groups in total. The van der Waals surface area contributed by atoms with Gasteiger partial charge in [0.15, 0.2) is 5.82 Å². The Hall–Kier alpha value is -2.67. The highest BCUT2D eigenvalue weighted by Crippen LogP contribution is 2.44. The molecular weight excluding hydrogens is 372 g/mol. The molecule has 2 heterocycles. The maximum absolute atomic E-state index is 5.66. The van der Waals surface area contributed by atoms with Crippen molar-refractivity contribution in [2.75, 3.05) is 19.6 Å². The zero-order chi connectivity index (χ0) is 19.5. The Bertz CT molecular complexity index is 959. The van der Waals surface area contributed by atoms with Gasteiger partial charge in [0.25, 0.3) is 0 Å². The number of hydrogen-bond donors (Lipinski definition) is 1. The lowest BCUT2D eigenvalue weighted by Gasteiger charge is -2.19. The van der Waals surface area contributed by atoms with E-state index >= 15 is 0 Å². The number of ether oxygens (including phenoxy) is 2. The number of aromatic nitrogens is 3. The molecule has 6 nitrogen and oxygen atoms in total. The Morgan fingerprint density at radius 2 is 1.86 bits per heavy atom. The minimum Gasteiger partial charge on any atom is -0.496 e. The molecule has 0 amide bonds. The van der Waals surface area contributed by atoms with Crippen molar-refractivity contribution in [2.45, 2.75) is 36.7 Å². The van der Waals surface area contributed by atoms with Gasteiger partial charge < -0.3 is 14.9 Å². The molecule has 0 fully saturated rings. The summed E-state index contributed by atoms with van der Waals surface area (Å²) in [6.45, 7) is 2.17. The summed E-state index contributed by atoms with van der Waals surface area (Å²) in [5.41, 5.74) is 7.02. The van der Waals surface area contributed by atoms with Crippen LogP contribution in [0.4, 0.5) is 0 Å². The van der Waals surface area contributed by atoms with Crippen molar-refractivity contribution in [3.63, 3.8) is 0 Å². The van der Waals surface area contributed by atoms with Gasteiger partial charge in [-0.2, -0.15) is 0 Å². The summed E-state index contributed by atoms with van der Waals surface area (Å²) in [5, 5.41) is 9.60. The fraction of sp³-hybridized carbons (Fsp3) is 0.333. The third-order valence-electron chi connectivity index (χ3n) is 4.81. The van der Waals surface area contributed by atoms with Crippen LogP contribution in [0.2, 0.25) is 0 Å². The van der Waals surface area contributed by atoms with Crippen LogP contribution in [0.1, 0.15) is 41.2 Å². The summed E-state index contributed by atoms with van der Waals surface area (Å²) in [5.74, 6) is 2.58. The number of aryl methyl sites for hydroxylation is 1. The zero-order valence-corrected chi connectivity index (χ0v) is 17.1. The van der Waals surface area contributed by atoms with Gasteiger partial charge in [-0.1, -0.05) is 55.4 Å². The van der Waals surface area contributed by atoms with E-state index in [-0.39, 0.29) is 5.37 Å². The first-order chi connectivity index (χ1) is 13.7. The van der Waals surface area contributed by atoms with E-state index in [1.165, 1.54) is 11.1 Å². The van der Waals surface area contributed by atoms with E-state index in [1.54, 1.807) is 26.0 Å². The number of methoxy groups -OCH3 is 2. The van der Waals surface area contributed by atoms with Gasteiger partial charge in [0, 0.05) is 18.1 Å². The van der Waals surface area contributed by atoms with Gasteiger partial charge in [-0.15, -0.1) is 10.2 Å². The molecule has 0 spiro atoms. The van der Waals surface area contributed by atoms with Gasteiger partial charge in [0.1, 0.15) is 16.9 Å². The maximum atomic E-state index is 5.66. The summed E-state index contributed by atoms with van der Waals surface area (Å²) in [4.78, 5) is 0. The second kappa shape index (κ2) is 8.14. The van der Waals surface area contributed by atoms with Crippen molar-refractivity contribution in [3.8, 4) is 11.5 Å². The van der Waals surface area contributed by atoms with Crippen molar-refractivity contribution >= 4 is 11.8 Å². The highest BCUT2D eigenvalue weighted by molar-refractivity contribution is 7.99. The van der Waals surface area contributed by atoms with Gasteiger partial charge in [0.05, 0.1) is 14.2 Å². The van der Waals surface area contributed by atoms with Crippen molar-refractivity contribution < 1.29 is 9.47 Å². The van der Waals surface area contributed by atoms with Gasteiger partial charge in [-0.3, -0.25) is 0 Å². The van der Waals surface area contributed by atoms with Crippen molar-refractivity contribution in [3.05, 3.63) is 65.0 Å². The molecule has 7 heteroatoms. The van der Waals surface area contributed by atoms with Crippen LogP contribution in [0.5, 0.6) is 11.5 Å². The second-order valence-corrected chi connectivity index (χ2v) is 7.75. The number of hydrogen-bond acceptors (Lipinski definition) is 6. The fourth-order valence-electron chi connectivity index (χ4n) is 3.44. The van der Waals surface area contributed by atoms with Crippen molar-refractivity contribution in [1.82, 2.24) is 14.9 Å². The Balaban J connectivity index is 1.62. The Kier molecular flexibility index (Phi) is 5.43. The SMILES string of the molecule is CCCc1cc(C2Nn3c(Cc4ccccc4)nnc3S2)c(OC)cc1OC. The van der Waals surface area contributed by atoms with Crippen molar-refractivity contribution in [2.24, 2.45) is 0 Å². The predicted octanol–water partition coefficient (Wildman–Crippen LogP) is 4.19. The highest BCUT2D eigenvalue weighted by Gasteiger charge is 2.30. The Morgan fingerprint density at radius 1 is 1.07 bits per heavy atom. The van der Waals surface area contributed by atoms with Crippen LogP contribution in [-0.4, -0.2) is 29.1 Å². The van der Waals surface area contributed by atoms with E-state index in [9.17, 15) is 0 Å². The minimum absolute atomic E-state index is 0.0106. The lowest BCUT2D eigenvalue weighted by molar-refractivity contribution is 0.387. The van der Waals surface area contributed by atoms with Crippen LogP contribution in [0.3, 0.4) is 0 Å². The van der Waals surface area contributed by atoms with E-state index in [1.807, 2.05) is 28.9 Å².